The number of rotatable bonds is 2. The Labute approximate surface area is 59.7 Å². The van der Waals surface area contributed by atoms with E-state index in [0.29, 0.717) is 0 Å². The zero-order valence-electron chi connectivity index (χ0n) is 5.57. The second-order valence-electron chi connectivity index (χ2n) is 2.11. The Kier molecular flexibility index (Phi) is 2.42. The summed E-state index contributed by atoms with van der Waals surface area (Å²) < 4.78 is 0. The van der Waals surface area contributed by atoms with Gasteiger partial charge >= 0.3 is 0 Å². The Hall–Kier alpha value is -0.860. The molecule has 0 heterocycles. The van der Waals surface area contributed by atoms with Crippen LogP contribution in [0, 0.1) is 0 Å². The molecule has 1 rings (SSSR count). The minimum absolute atomic E-state index is 0.218. The Morgan fingerprint density at radius 3 is 2.30 bits per heavy atom. The van der Waals surface area contributed by atoms with Crippen LogP contribution in [0.2, 0.25) is 0 Å². The molecule has 0 saturated heterocycles. The van der Waals surface area contributed by atoms with Gasteiger partial charge in [-0.3, -0.25) is 0 Å². The minimum atomic E-state index is -0.735. The molecule has 1 atom stereocenters. The summed E-state index contributed by atoms with van der Waals surface area (Å²) in [7, 11) is 0. The molecule has 2 heteroatoms. The fourth-order valence-electron chi connectivity index (χ4n) is 0.781. The van der Waals surface area contributed by atoms with Gasteiger partial charge in [0.15, 0.2) is 0 Å². The van der Waals surface area contributed by atoms with E-state index in [1.807, 2.05) is 18.2 Å². The van der Waals surface area contributed by atoms with E-state index >= 15 is 0 Å². The maximum absolute atomic E-state index is 9.08. The first-order chi connectivity index (χ1) is 4.84. The number of aliphatic hydroxyl groups excluding tert-OH is 2. The van der Waals surface area contributed by atoms with Crippen molar-refractivity contribution in [1.29, 1.82) is 0 Å². The molecule has 1 aromatic carbocycles. The predicted octanol–water partition coefficient (Wildman–Crippen LogP) is 0.712. The lowest BCUT2D eigenvalue weighted by atomic mass is 10.1. The van der Waals surface area contributed by atoms with Gasteiger partial charge in [0.25, 0.3) is 0 Å². The third kappa shape index (κ3) is 1.56. The first-order valence-corrected chi connectivity index (χ1v) is 3.18. The van der Waals surface area contributed by atoms with Gasteiger partial charge in [0.1, 0.15) is 6.10 Å². The van der Waals surface area contributed by atoms with Crippen LogP contribution >= 0.6 is 0 Å². The van der Waals surface area contributed by atoms with Gasteiger partial charge in [0.05, 0.1) is 6.61 Å². The van der Waals surface area contributed by atoms with Crippen molar-refractivity contribution < 1.29 is 10.2 Å². The third-order valence-electron chi connectivity index (χ3n) is 1.36. The largest absolute Gasteiger partial charge is 0.393 e. The average Bonchev–Trinajstić information content (AvgIpc) is 2.05. The molecule has 0 unspecified atom stereocenters. The highest BCUT2D eigenvalue weighted by atomic mass is 16.3. The van der Waals surface area contributed by atoms with Crippen molar-refractivity contribution in [3.05, 3.63) is 35.9 Å². The summed E-state index contributed by atoms with van der Waals surface area (Å²) in [5.74, 6) is 0. The van der Waals surface area contributed by atoms with E-state index in [1.54, 1.807) is 12.1 Å². The third-order valence-corrected chi connectivity index (χ3v) is 1.36. The van der Waals surface area contributed by atoms with E-state index in [4.69, 9.17) is 10.2 Å². The maximum atomic E-state index is 9.08. The lowest BCUT2D eigenvalue weighted by molar-refractivity contribution is 0.0956. The van der Waals surface area contributed by atoms with Crippen LogP contribution in [-0.4, -0.2) is 16.8 Å². The summed E-state index contributed by atoms with van der Waals surface area (Å²) in [6, 6.07) is 9.08. The highest BCUT2D eigenvalue weighted by Crippen LogP contribution is 2.09. The maximum Gasteiger partial charge on any atom is 0.102 e. The molecular formula is C8H10O2. The van der Waals surface area contributed by atoms with E-state index in [1.165, 1.54) is 0 Å². The van der Waals surface area contributed by atoms with E-state index in [0.717, 1.165) is 5.56 Å². The SMILES string of the molecule is OC[C@@H](O)c1ccccc1. The monoisotopic (exact) mass is 138 g/mol. The van der Waals surface area contributed by atoms with Crippen LogP contribution in [0.1, 0.15) is 11.7 Å². The van der Waals surface area contributed by atoms with Gasteiger partial charge in [-0.05, 0) is 5.56 Å². The molecule has 0 radical (unpaired) electrons. The van der Waals surface area contributed by atoms with Gasteiger partial charge in [-0.25, -0.2) is 0 Å². The molecule has 0 spiro atoms. The van der Waals surface area contributed by atoms with Gasteiger partial charge in [-0.1, -0.05) is 30.3 Å². The van der Waals surface area contributed by atoms with E-state index in [2.05, 4.69) is 0 Å². The van der Waals surface area contributed by atoms with E-state index in [9.17, 15) is 0 Å². The minimum Gasteiger partial charge on any atom is -0.393 e. The van der Waals surface area contributed by atoms with Crippen LogP contribution in [0.15, 0.2) is 30.3 Å². The fourth-order valence-corrected chi connectivity index (χ4v) is 0.781. The van der Waals surface area contributed by atoms with Crippen LogP contribution in [0.5, 0.6) is 0 Å². The van der Waals surface area contributed by atoms with Crippen molar-refractivity contribution in [2.45, 2.75) is 6.10 Å². The van der Waals surface area contributed by atoms with Crippen molar-refractivity contribution in [3.8, 4) is 0 Å². The van der Waals surface area contributed by atoms with Gasteiger partial charge in [0, 0.05) is 0 Å². The lowest BCUT2D eigenvalue weighted by Gasteiger charge is -2.05. The van der Waals surface area contributed by atoms with Crippen LogP contribution in [-0.2, 0) is 0 Å². The van der Waals surface area contributed by atoms with Crippen LogP contribution in [0.4, 0.5) is 0 Å². The van der Waals surface area contributed by atoms with Crippen molar-refractivity contribution in [2.75, 3.05) is 6.61 Å². The number of aliphatic hydroxyl groups is 2. The summed E-state index contributed by atoms with van der Waals surface area (Å²) >= 11 is 0. The Morgan fingerprint density at radius 2 is 1.80 bits per heavy atom. The lowest BCUT2D eigenvalue weighted by Crippen LogP contribution is -2.01. The van der Waals surface area contributed by atoms with Crippen molar-refractivity contribution in [2.24, 2.45) is 0 Å². The van der Waals surface area contributed by atoms with Crippen molar-refractivity contribution >= 4 is 0 Å². The molecule has 10 heavy (non-hydrogen) atoms. The molecule has 0 bridgehead atoms. The van der Waals surface area contributed by atoms with Gasteiger partial charge in [-0.15, -0.1) is 0 Å². The van der Waals surface area contributed by atoms with Crippen LogP contribution in [0.25, 0.3) is 0 Å². The fraction of sp³-hybridized carbons (Fsp3) is 0.250. The second kappa shape index (κ2) is 3.34. The van der Waals surface area contributed by atoms with E-state index in [-0.39, 0.29) is 6.61 Å². The van der Waals surface area contributed by atoms with Gasteiger partial charge in [-0.2, -0.15) is 0 Å². The van der Waals surface area contributed by atoms with Crippen molar-refractivity contribution in [3.63, 3.8) is 0 Å². The Bertz CT molecular complexity index is 184. The Morgan fingerprint density at radius 1 is 1.20 bits per heavy atom. The smallest absolute Gasteiger partial charge is 0.102 e. The highest BCUT2D eigenvalue weighted by molar-refractivity contribution is 5.16. The molecule has 1 aromatic rings. The molecule has 2 nitrogen and oxygen atoms in total. The summed E-state index contributed by atoms with van der Waals surface area (Å²) in [6.07, 6.45) is -0.735. The molecule has 0 aromatic heterocycles. The first-order valence-electron chi connectivity index (χ1n) is 3.18. The summed E-state index contributed by atoms with van der Waals surface area (Å²) in [4.78, 5) is 0. The Balaban J connectivity index is 2.75. The molecule has 0 saturated carbocycles. The molecule has 0 aliphatic rings. The molecular weight excluding hydrogens is 128 g/mol. The molecule has 54 valence electrons. The first kappa shape index (κ1) is 7.25. The number of hydrogen-bond acceptors (Lipinski definition) is 2. The summed E-state index contributed by atoms with van der Waals surface area (Å²) in [5.41, 5.74) is 0.755. The van der Waals surface area contributed by atoms with Crippen LogP contribution < -0.4 is 0 Å². The van der Waals surface area contributed by atoms with Gasteiger partial charge in [0.2, 0.25) is 0 Å². The van der Waals surface area contributed by atoms with Crippen molar-refractivity contribution in [1.82, 2.24) is 0 Å². The standard InChI is InChI=1S/C8H10O2/c9-6-8(10)7-4-2-1-3-5-7/h1-5,8-10H,6H2/t8-/m1/s1. The molecule has 0 aliphatic heterocycles. The molecule has 2 N–H and O–H groups in total. The molecule has 0 fully saturated rings. The topological polar surface area (TPSA) is 40.5 Å². The average molecular weight is 138 g/mol. The normalized spacial score (nSPS) is 13.0. The summed E-state index contributed by atoms with van der Waals surface area (Å²) in [6.45, 7) is -0.218. The molecule has 0 aliphatic carbocycles. The zero-order valence-corrected chi connectivity index (χ0v) is 5.57. The summed E-state index contributed by atoms with van der Waals surface area (Å²) in [5, 5.41) is 17.6. The second-order valence-corrected chi connectivity index (χ2v) is 2.11. The quantitative estimate of drug-likeness (QED) is 0.632. The molecule has 0 amide bonds. The zero-order chi connectivity index (χ0) is 7.40. The van der Waals surface area contributed by atoms with Gasteiger partial charge < -0.3 is 10.2 Å². The number of hydrogen-bond donors (Lipinski definition) is 2. The van der Waals surface area contributed by atoms with E-state index < -0.39 is 6.10 Å². The predicted molar refractivity (Wildman–Crippen MR) is 38.5 cm³/mol. The number of benzene rings is 1. The van der Waals surface area contributed by atoms with Crippen LogP contribution in [0.3, 0.4) is 0 Å². The highest BCUT2D eigenvalue weighted by Gasteiger charge is 2.02.